The molecule has 0 saturated carbocycles. The molecule has 0 fully saturated rings. The van der Waals surface area contributed by atoms with Crippen LogP contribution in [-0.4, -0.2) is 45.2 Å². The van der Waals surface area contributed by atoms with Crippen molar-refractivity contribution in [3.8, 4) is 11.4 Å². The Morgan fingerprint density at radius 1 is 1.22 bits per heavy atom. The molecule has 0 aliphatic rings. The minimum absolute atomic E-state index is 0.0876. The van der Waals surface area contributed by atoms with Crippen molar-refractivity contribution in [2.45, 2.75) is 13.0 Å². The Morgan fingerprint density at radius 3 is 2.67 bits per heavy atom. The van der Waals surface area contributed by atoms with E-state index in [2.05, 4.69) is 25.6 Å². The first kappa shape index (κ1) is 18.1. The molecule has 9 nitrogen and oxygen atoms in total. The van der Waals surface area contributed by atoms with Crippen molar-refractivity contribution in [1.29, 1.82) is 0 Å². The number of methoxy groups -OCH3 is 1. The van der Waals surface area contributed by atoms with E-state index in [1.54, 1.807) is 12.1 Å². The summed E-state index contributed by atoms with van der Waals surface area (Å²) in [5.74, 6) is -0.330. The summed E-state index contributed by atoms with van der Waals surface area (Å²) in [7, 11) is 1.25. The number of rotatable bonds is 6. The van der Waals surface area contributed by atoms with E-state index in [0.29, 0.717) is 11.6 Å². The second-order valence-electron chi connectivity index (χ2n) is 5.54. The highest BCUT2D eigenvalue weighted by molar-refractivity contribution is 6.19. The predicted molar refractivity (Wildman–Crippen MR) is 95.7 cm³/mol. The fourth-order valence-electron chi connectivity index (χ4n) is 2.35. The van der Waals surface area contributed by atoms with E-state index in [1.165, 1.54) is 31.1 Å². The van der Waals surface area contributed by atoms with Crippen molar-refractivity contribution in [2.24, 2.45) is 0 Å². The van der Waals surface area contributed by atoms with Gasteiger partial charge in [0.1, 0.15) is 17.5 Å². The summed E-state index contributed by atoms with van der Waals surface area (Å²) in [6.45, 7) is 1.52. The maximum absolute atomic E-state index is 12.8. The first-order chi connectivity index (χ1) is 13.1. The summed E-state index contributed by atoms with van der Waals surface area (Å²) >= 11 is 0. The third-order valence-electron chi connectivity index (χ3n) is 3.69. The van der Waals surface area contributed by atoms with Crippen molar-refractivity contribution in [3.05, 3.63) is 54.5 Å². The Balaban J connectivity index is 2.01. The quantitative estimate of drug-likeness (QED) is 0.520. The van der Waals surface area contributed by atoms with E-state index in [9.17, 15) is 9.59 Å². The smallest absolute Gasteiger partial charge is 0.328 e. The molecule has 138 valence electrons. The molecule has 0 bridgehead atoms. The number of esters is 1. The number of amides is 1. The molecular weight excluding hydrogens is 350 g/mol. The number of carbonyl (C=O) groups excluding carboxylic acids is 2. The first-order valence-corrected chi connectivity index (χ1v) is 8.08. The van der Waals surface area contributed by atoms with Crippen LogP contribution in [0.2, 0.25) is 0 Å². The topological polar surface area (TPSA) is 112 Å². The molecule has 27 heavy (non-hydrogen) atoms. The van der Waals surface area contributed by atoms with Gasteiger partial charge in [-0.3, -0.25) is 4.79 Å². The van der Waals surface area contributed by atoms with Crippen molar-refractivity contribution >= 4 is 23.6 Å². The number of aromatic nitrogens is 4. The zero-order chi connectivity index (χ0) is 19.2. The van der Waals surface area contributed by atoms with Crippen molar-refractivity contribution in [3.63, 3.8) is 0 Å². The fraction of sp³-hybridized carbons (Fsp3) is 0.167. The van der Waals surface area contributed by atoms with Crippen LogP contribution in [0.25, 0.3) is 23.2 Å². The number of ether oxygens (including phenoxy) is 1. The molecule has 0 radical (unpaired) electrons. The van der Waals surface area contributed by atoms with E-state index in [1.807, 2.05) is 30.3 Å². The first-order valence-electron chi connectivity index (χ1n) is 8.08. The minimum atomic E-state index is -0.848. The highest BCUT2D eigenvalue weighted by Gasteiger charge is 2.23. The molecule has 2 aromatic heterocycles. The van der Waals surface area contributed by atoms with Gasteiger partial charge in [-0.15, -0.1) is 5.10 Å². The molecule has 1 atom stereocenters. The molecule has 1 aromatic carbocycles. The van der Waals surface area contributed by atoms with Gasteiger partial charge in [-0.1, -0.05) is 30.3 Å². The second kappa shape index (κ2) is 8.09. The Labute approximate surface area is 154 Å². The molecule has 1 amide bonds. The van der Waals surface area contributed by atoms with Crippen molar-refractivity contribution in [1.82, 2.24) is 25.5 Å². The summed E-state index contributed by atoms with van der Waals surface area (Å²) in [4.78, 5) is 24.5. The normalized spacial score (nSPS) is 12.4. The van der Waals surface area contributed by atoms with Gasteiger partial charge in [-0.05, 0) is 29.5 Å². The maximum Gasteiger partial charge on any atom is 0.328 e. The molecule has 3 aromatic rings. The van der Waals surface area contributed by atoms with E-state index in [4.69, 9.17) is 4.42 Å². The monoisotopic (exact) mass is 367 g/mol. The number of nitrogens with zero attached hydrogens (tertiary/aromatic N) is 4. The highest BCUT2D eigenvalue weighted by Crippen LogP contribution is 2.20. The van der Waals surface area contributed by atoms with E-state index in [-0.39, 0.29) is 5.70 Å². The molecule has 3 rings (SSSR count). The van der Waals surface area contributed by atoms with Crippen LogP contribution in [0.1, 0.15) is 12.7 Å². The number of tetrazole rings is 1. The summed E-state index contributed by atoms with van der Waals surface area (Å²) in [6, 6.07) is 11.7. The van der Waals surface area contributed by atoms with E-state index >= 15 is 0 Å². The zero-order valence-electron chi connectivity index (χ0n) is 14.7. The Morgan fingerprint density at radius 2 is 2.00 bits per heavy atom. The Hall–Kier alpha value is -3.75. The van der Waals surface area contributed by atoms with Crippen LogP contribution in [0.15, 0.2) is 53.1 Å². The molecular formula is C18H17N5O4. The molecule has 0 saturated heterocycles. The van der Waals surface area contributed by atoms with Gasteiger partial charge in [0.05, 0.1) is 13.4 Å². The number of hydrogen-bond donors (Lipinski definition) is 1. The van der Waals surface area contributed by atoms with Crippen molar-refractivity contribution in [2.75, 3.05) is 7.11 Å². The lowest BCUT2D eigenvalue weighted by atomic mass is 10.2. The van der Waals surface area contributed by atoms with Crippen LogP contribution in [-0.2, 0) is 14.3 Å². The largest absolute Gasteiger partial charge is 0.467 e. The lowest BCUT2D eigenvalue weighted by Gasteiger charge is -2.14. The summed E-state index contributed by atoms with van der Waals surface area (Å²) in [5.41, 5.74) is 0.811. The fourth-order valence-corrected chi connectivity index (χ4v) is 2.35. The molecule has 0 spiro atoms. The standard InChI is InChI=1S/C18H17N5O4/c1-12(18(25)26-2)19-17(24)15(11-14-9-6-10-27-14)23-16(20-21-22-23)13-7-4-3-5-8-13/h3-12H,1-2H3,(H,19,24)/t12-/m0/s1. The van der Waals surface area contributed by atoms with Crippen molar-refractivity contribution < 1.29 is 18.7 Å². The molecule has 1 N–H and O–H groups in total. The SMILES string of the molecule is COC(=O)[C@H](C)NC(=O)C(=Cc1ccco1)n1nnnc1-c1ccccc1. The number of furan rings is 1. The van der Waals surface area contributed by atoms with Gasteiger partial charge in [0, 0.05) is 11.6 Å². The van der Waals surface area contributed by atoms with Gasteiger partial charge in [-0.2, -0.15) is 4.68 Å². The predicted octanol–water partition coefficient (Wildman–Crippen LogP) is 1.61. The van der Waals surface area contributed by atoms with Gasteiger partial charge in [-0.25, -0.2) is 4.79 Å². The van der Waals surface area contributed by atoms with E-state index in [0.717, 1.165) is 5.56 Å². The lowest BCUT2D eigenvalue weighted by molar-refractivity contribution is -0.144. The van der Waals surface area contributed by atoms with Gasteiger partial charge in [0.2, 0.25) is 0 Å². The van der Waals surface area contributed by atoms with Gasteiger partial charge in [0.15, 0.2) is 5.82 Å². The molecule has 0 aliphatic carbocycles. The molecule has 9 heteroatoms. The molecule has 2 heterocycles. The summed E-state index contributed by atoms with van der Waals surface area (Å²) in [6.07, 6.45) is 2.97. The minimum Gasteiger partial charge on any atom is -0.467 e. The highest BCUT2D eigenvalue weighted by atomic mass is 16.5. The number of benzene rings is 1. The zero-order valence-corrected chi connectivity index (χ0v) is 14.7. The van der Waals surface area contributed by atoms with Gasteiger partial charge < -0.3 is 14.5 Å². The average Bonchev–Trinajstić information content (AvgIpc) is 3.37. The lowest BCUT2D eigenvalue weighted by Crippen LogP contribution is -2.40. The van der Waals surface area contributed by atoms with Crippen LogP contribution >= 0.6 is 0 Å². The Kier molecular flexibility index (Phi) is 5.41. The molecule has 0 aliphatic heterocycles. The summed E-state index contributed by atoms with van der Waals surface area (Å²) < 4.78 is 11.2. The number of nitrogens with one attached hydrogen (secondary N) is 1. The van der Waals surface area contributed by atoms with Crippen LogP contribution < -0.4 is 5.32 Å². The van der Waals surface area contributed by atoms with Crippen LogP contribution in [0.5, 0.6) is 0 Å². The molecule has 0 unspecified atom stereocenters. The van der Waals surface area contributed by atoms with E-state index < -0.39 is 17.9 Å². The number of hydrogen-bond acceptors (Lipinski definition) is 7. The summed E-state index contributed by atoms with van der Waals surface area (Å²) in [5, 5.41) is 14.2. The van der Waals surface area contributed by atoms with Crippen LogP contribution in [0.4, 0.5) is 0 Å². The third kappa shape index (κ3) is 4.09. The maximum atomic E-state index is 12.8. The van der Waals surface area contributed by atoms with Crippen LogP contribution in [0.3, 0.4) is 0 Å². The van der Waals surface area contributed by atoms with Gasteiger partial charge >= 0.3 is 5.97 Å². The van der Waals surface area contributed by atoms with Crippen LogP contribution in [0, 0.1) is 0 Å². The number of carbonyl (C=O) groups is 2. The van der Waals surface area contributed by atoms with Gasteiger partial charge in [0.25, 0.3) is 5.91 Å². The second-order valence-corrected chi connectivity index (χ2v) is 5.54. The average molecular weight is 367 g/mol. The third-order valence-corrected chi connectivity index (χ3v) is 3.69. The Bertz CT molecular complexity index is 947.